The molecule has 0 atom stereocenters. The van der Waals surface area contributed by atoms with E-state index in [-0.39, 0.29) is 0 Å². The first-order chi connectivity index (χ1) is 3.65. The lowest BCUT2D eigenvalue weighted by Crippen LogP contribution is -2.06. The molecular formula is H9NO4Si3. The van der Waals surface area contributed by atoms with Crippen molar-refractivity contribution in [1.29, 1.82) is 0 Å². The molecule has 8 heteroatoms. The summed E-state index contributed by atoms with van der Waals surface area (Å²) in [4.78, 5) is 14.3. The summed E-state index contributed by atoms with van der Waals surface area (Å²) in [6, 6.07) is 0. The Kier molecular flexibility index (Phi) is 13.7. The zero-order valence-electron chi connectivity index (χ0n) is 4.50. The second-order valence-corrected chi connectivity index (χ2v) is 3.95. The first kappa shape index (κ1) is 10.9. The highest BCUT2D eigenvalue weighted by Gasteiger charge is 1.85. The lowest BCUT2D eigenvalue weighted by atomic mass is 13.9. The highest BCUT2D eigenvalue weighted by molar-refractivity contribution is 6.30. The third-order valence-corrected chi connectivity index (χ3v) is 1.50. The Bertz CT molecular complexity index is 49.2. The number of nitrogens with two attached hydrogens (primary N) is 1. The number of hydrogen-bond acceptors (Lipinski definition) is 3. The smallest absolute Gasteiger partial charge is 0.511 e. The fraction of sp³-hybridized carbons (Fsp3) is 0. The predicted octanol–water partition coefficient (Wildman–Crippen LogP) is -4.37. The topological polar surface area (TPSA) is 92.8 Å². The van der Waals surface area contributed by atoms with Crippen LogP contribution in [0.5, 0.6) is 0 Å². The molecule has 0 heterocycles. The van der Waals surface area contributed by atoms with Crippen molar-refractivity contribution in [2.75, 3.05) is 0 Å². The van der Waals surface area contributed by atoms with E-state index in [0.29, 0.717) is 0 Å². The average molecular weight is 171 g/mol. The van der Waals surface area contributed by atoms with E-state index in [2.05, 4.69) is 4.12 Å². The summed E-state index contributed by atoms with van der Waals surface area (Å²) < 4.78 is 13.3. The third-order valence-electron chi connectivity index (χ3n) is 0.167. The lowest BCUT2D eigenvalue weighted by molar-refractivity contribution is 0.330. The zero-order chi connectivity index (χ0) is 6.99. The SMILES string of the molecule is N[SiH2]O[SiH3].O=[Si](O)O. The van der Waals surface area contributed by atoms with Crippen LogP contribution >= 0.6 is 0 Å². The molecule has 0 aromatic rings. The minimum absolute atomic E-state index is 0.514. The van der Waals surface area contributed by atoms with Crippen LogP contribution in [0, 0.1) is 0 Å². The number of hydrogen-bond donors (Lipinski definition) is 3. The highest BCUT2D eigenvalue weighted by Crippen LogP contribution is 1.31. The molecule has 0 radical (unpaired) electrons. The Hall–Kier alpha value is -0.0294. The molecule has 0 aliphatic carbocycles. The Labute approximate surface area is 53.9 Å². The van der Waals surface area contributed by atoms with Gasteiger partial charge >= 0.3 is 9.17 Å². The molecule has 0 saturated carbocycles. The van der Waals surface area contributed by atoms with Crippen molar-refractivity contribution in [1.82, 2.24) is 0 Å². The molecule has 0 aliphatic rings. The summed E-state index contributed by atoms with van der Waals surface area (Å²) in [6.07, 6.45) is 0. The van der Waals surface area contributed by atoms with Gasteiger partial charge in [-0.25, -0.2) is 0 Å². The summed E-state index contributed by atoms with van der Waals surface area (Å²) in [7, 11) is -2.82. The van der Waals surface area contributed by atoms with Crippen molar-refractivity contribution in [3.05, 3.63) is 0 Å². The molecular weight excluding hydrogens is 162 g/mol. The summed E-state index contributed by atoms with van der Waals surface area (Å²) in [6.45, 7) is 0. The monoisotopic (exact) mass is 171 g/mol. The molecule has 0 spiro atoms. The lowest BCUT2D eigenvalue weighted by Gasteiger charge is -1.76. The van der Waals surface area contributed by atoms with Crippen molar-refractivity contribution in [3.8, 4) is 0 Å². The Balaban J connectivity index is 0. The van der Waals surface area contributed by atoms with Gasteiger partial charge in [0.2, 0.25) is 9.92 Å². The highest BCUT2D eigenvalue weighted by atomic mass is 28.3. The fourth-order valence-electron chi connectivity index (χ4n) is 0. The van der Waals surface area contributed by atoms with Gasteiger partial charge in [-0.05, 0) is 0 Å². The van der Waals surface area contributed by atoms with E-state index in [1.807, 2.05) is 0 Å². The van der Waals surface area contributed by atoms with Crippen molar-refractivity contribution < 1.29 is 18.2 Å². The van der Waals surface area contributed by atoms with Crippen LogP contribution in [0.4, 0.5) is 0 Å². The van der Waals surface area contributed by atoms with Gasteiger partial charge in [0.15, 0.2) is 0 Å². The van der Waals surface area contributed by atoms with E-state index in [0.717, 1.165) is 10.5 Å². The summed E-state index contributed by atoms with van der Waals surface area (Å²) in [5.41, 5.74) is 0. The maximum atomic E-state index is 8.74. The fourth-order valence-corrected chi connectivity index (χ4v) is 0. The van der Waals surface area contributed by atoms with Gasteiger partial charge in [0.25, 0.3) is 0 Å². The Morgan fingerprint density at radius 3 is 1.88 bits per heavy atom. The van der Waals surface area contributed by atoms with Crippen LogP contribution in [0.1, 0.15) is 0 Å². The molecule has 0 bridgehead atoms. The summed E-state index contributed by atoms with van der Waals surface area (Å²) >= 11 is 0. The molecule has 0 aliphatic heterocycles. The normalized spacial score (nSPS) is 8.62. The van der Waals surface area contributed by atoms with Gasteiger partial charge < -0.3 is 19.1 Å². The molecule has 8 heavy (non-hydrogen) atoms. The van der Waals surface area contributed by atoms with Crippen LogP contribution in [-0.2, 0) is 8.58 Å². The second-order valence-electron chi connectivity index (χ2n) is 0.738. The minimum Gasteiger partial charge on any atom is -0.511 e. The predicted molar refractivity (Wildman–Crippen MR) is 34.6 cm³/mol. The maximum Gasteiger partial charge on any atom is 0.761 e. The van der Waals surface area contributed by atoms with Gasteiger partial charge in [-0.15, -0.1) is 0 Å². The van der Waals surface area contributed by atoms with E-state index in [4.69, 9.17) is 19.5 Å². The second kappa shape index (κ2) is 10.1. The van der Waals surface area contributed by atoms with Crippen molar-refractivity contribution in [3.63, 3.8) is 0 Å². The molecule has 0 aromatic heterocycles. The Morgan fingerprint density at radius 1 is 1.75 bits per heavy atom. The van der Waals surface area contributed by atoms with Crippen LogP contribution in [0.3, 0.4) is 0 Å². The van der Waals surface area contributed by atoms with E-state index < -0.39 is 19.1 Å². The molecule has 0 rings (SSSR count). The molecule has 0 unspecified atom stereocenters. The van der Waals surface area contributed by atoms with Crippen LogP contribution in [0.2, 0.25) is 0 Å². The van der Waals surface area contributed by atoms with Gasteiger partial charge in [0, 0.05) is 0 Å². The van der Waals surface area contributed by atoms with Crippen LogP contribution in [0.25, 0.3) is 0 Å². The first-order valence-corrected chi connectivity index (χ1v) is 5.27. The van der Waals surface area contributed by atoms with E-state index in [9.17, 15) is 0 Å². The van der Waals surface area contributed by atoms with Crippen LogP contribution < -0.4 is 5.40 Å². The van der Waals surface area contributed by atoms with Crippen LogP contribution in [-0.4, -0.2) is 39.2 Å². The molecule has 50 valence electrons. The van der Waals surface area contributed by atoms with E-state index in [1.54, 1.807) is 0 Å². The quantitative estimate of drug-likeness (QED) is 0.347. The number of rotatable bonds is 1. The molecule has 0 saturated heterocycles. The van der Waals surface area contributed by atoms with Crippen molar-refractivity contribution in [2.24, 2.45) is 5.40 Å². The first-order valence-electron chi connectivity index (χ1n) is 1.76. The molecule has 5 nitrogen and oxygen atoms in total. The van der Waals surface area contributed by atoms with Gasteiger partial charge in [0.1, 0.15) is 10.5 Å². The summed E-state index contributed by atoms with van der Waals surface area (Å²) in [5.74, 6) is 0. The van der Waals surface area contributed by atoms with Crippen molar-refractivity contribution >= 4 is 29.6 Å². The third kappa shape index (κ3) is 157. The van der Waals surface area contributed by atoms with E-state index in [1.165, 1.54) is 0 Å². The standard InChI is InChI=1S/H7NOSi2.H2O3Si/c1-4-2-3;1-4(2)3/h1,4H2,3H3;1-2H. The molecule has 4 N–H and O–H groups in total. The van der Waals surface area contributed by atoms with Gasteiger partial charge in [-0.1, -0.05) is 0 Å². The van der Waals surface area contributed by atoms with Crippen molar-refractivity contribution in [2.45, 2.75) is 0 Å². The van der Waals surface area contributed by atoms with E-state index >= 15 is 0 Å². The average Bonchev–Trinajstić information content (AvgIpc) is 1.65. The molecule has 0 amide bonds. The minimum atomic E-state index is -3.13. The largest absolute Gasteiger partial charge is 0.761 e. The van der Waals surface area contributed by atoms with Gasteiger partial charge in [0.05, 0.1) is 0 Å². The zero-order valence-corrected chi connectivity index (χ0v) is 8.91. The van der Waals surface area contributed by atoms with Gasteiger partial charge in [-0.3, -0.25) is 4.46 Å². The molecule has 0 aromatic carbocycles. The van der Waals surface area contributed by atoms with Crippen LogP contribution in [0.15, 0.2) is 0 Å². The maximum absolute atomic E-state index is 8.74. The molecule has 0 fully saturated rings. The Morgan fingerprint density at radius 2 is 1.88 bits per heavy atom. The van der Waals surface area contributed by atoms with Gasteiger partial charge in [-0.2, -0.15) is 0 Å². The summed E-state index contributed by atoms with van der Waals surface area (Å²) in [5, 5.41) is 4.98.